The molecular weight excluding hydrogens is 430 g/mol. The Labute approximate surface area is 198 Å². The van der Waals surface area contributed by atoms with Gasteiger partial charge in [-0.3, -0.25) is 9.59 Å². The minimum Gasteiger partial charge on any atom is -0.492 e. The Hall–Kier alpha value is -3.80. The summed E-state index contributed by atoms with van der Waals surface area (Å²) in [5, 5.41) is 9.11. The zero-order valence-electron chi connectivity index (χ0n) is 19.3. The average molecular weight is 458 g/mol. The van der Waals surface area contributed by atoms with E-state index in [0.717, 1.165) is 40.8 Å². The smallest absolute Gasteiger partial charge is 0.304 e. The molecule has 0 fully saturated rings. The molecule has 5 rings (SSSR count). The van der Waals surface area contributed by atoms with E-state index in [9.17, 15) is 9.59 Å². The van der Waals surface area contributed by atoms with Crippen molar-refractivity contribution in [3.8, 4) is 22.6 Å². The van der Waals surface area contributed by atoms with Crippen LogP contribution >= 0.6 is 0 Å². The number of fused-ring (bicyclic) bond motifs is 2. The first-order chi connectivity index (χ1) is 16.3. The van der Waals surface area contributed by atoms with Crippen LogP contribution in [0.25, 0.3) is 11.1 Å². The molecule has 1 aliphatic carbocycles. The molecule has 3 aromatic rings. The zero-order chi connectivity index (χ0) is 24.0. The second-order valence-electron chi connectivity index (χ2n) is 9.17. The van der Waals surface area contributed by atoms with Gasteiger partial charge < -0.3 is 20.3 Å². The third-order valence-corrected chi connectivity index (χ3v) is 6.87. The minimum absolute atomic E-state index is 0.0607. The van der Waals surface area contributed by atoms with Crippen LogP contribution in [0.3, 0.4) is 0 Å². The normalized spacial score (nSPS) is 18.2. The Kier molecular flexibility index (Phi) is 5.52. The molecule has 6 heteroatoms. The summed E-state index contributed by atoms with van der Waals surface area (Å²) in [7, 11) is 0. The van der Waals surface area contributed by atoms with Crippen LogP contribution in [0.2, 0.25) is 0 Å². The second-order valence-corrected chi connectivity index (χ2v) is 9.17. The number of aryl methyl sites for hydroxylation is 2. The molecule has 0 saturated heterocycles. The van der Waals surface area contributed by atoms with Gasteiger partial charge in [0.25, 0.3) is 0 Å². The van der Waals surface area contributed by atoms with Gasteiger partial charge in [-0.05, 0) is 78.3 Å². The molecule has 0 bridgehead atoms. The highest BCUT2D eigenvalue weighted by atomic mass is 16.5. The Morgan fingerprint density at radius 2 is 1.85 bits per heavy atom. The molecule has 2 atom stereocenters. The highest BCUT2D eigenvalue weighted by Gasteiger charge is 2.30. The van der Waals surface area contributed by atoms with Crippen molar-refractivity contribution in [2.45, 2.75) is 45.1 Å². The Morgan fingerprint density at radius 1 is 1.09 bits per heavy atom. The third kappa shape index (κ3) is 3.89. The van der Waals surface area contributed by atoms with Gasteiger partial charge in [0.15, 0.2) is 0 Å². The van der Waals surface area contributed by atoms with E-state index in [1.807, 2.05) is 44.2 Å². The molecule has 2 aliphatic rings. The van der Waals surface area contributed by atoms with Gasteiger partial charge in [0, 0.05) is 23.1 Å². The van der Waals surface area contributed by atoms with Crippen molar-refractivity contribution >= 4 is 11.9 Å². The number of amides is 1. The van der Waals surface area contributed by atoms with E-state index in [4.69, 9.17) is 20.3 Å². The molecule has 1 aliphatic heterocycles. The number of benzene rings is 3. The fraction of sp³-hybridized carbons (Fsp3) is 0.286. The number of hydrogen-bond donors (Lipinski definition) is 2. The number of ether oxygens (including phenoxy) is 2. The van der Waals surface area contributed by atoms with Crippen molar-refractivity contribution in [1.82, 2.24) is 0 Å². The molecule has 1 amide bonds. The second kappa shape index (κ2) is 8.52. The first-order valence-corrected chi connectivity index (χ1v) is 11.5. The summed E-state index contributed by atoms with van der Waals surface area (Å²) in [5.41, 5.74) is 13.7. The highest BCUT2D eigenvalue weighted by Crippen LogP contribution is 2.44. The maximum Gasteiger partial charge on any atom is 0.304 e. The van der Waals surface area contributed by atoms with E-state index >= 15 is 0 Å². The number of carbonyl (C=O) groups excluding carboxylic acids is 1. The van der Waals surface area contributed by atoms with Gasteiger partial charge in [0.2, 0.25) is 5.91 Å². The van der Waals surface area contributed by atoms with Crippen molar-refractivity contribution in [2.24, 2.45) is 5.73 Å². The molecule has 1 heterocycles. The lowest BCUT2D eigenvalue weighted by Gasteiger charge is -2.18. The van der Waals surface area contributed by atoms with E-state index in [2.05, 4.69) is 18.2 Å². The highest BCUT2D eigenvalue weighted by molar-refractivity contribution is 5.94. The molecule has 6 nitrogen and oxygen atoms in total. The fourth-order valence-electron chi connectivity index (χ4n) is 5.38. The van der Waals surface area contributed by atoms with Crippen LogP contribution in [-0.4, -0.2) is 23.6 Å². The number of carboxylic acid groups (broad SMARTS) is 1. The van der Waals surface area contributed by atoms with Gasteiger partial charge in [-0.2, -0.15) is 0 Å². The van der Waals surface area contributed by atoms with Gasteiger partial charge in [-0.1, -0.05) is 24.3 Å². The molecule has 0 radical (unpaired) electrons. The van der Waals surface area contributed by atoms with E-state index in [0.29, 0.717) is 17.9 Å². The number of carbonyl (C=O) groups is 2. The Balaban J connectivity index is 1.42. The van der Waals surface area contributed by atoms with Crippen LogP contribution in [0.1, 0.15) is 63.0 Å². The molecule has 34 heavy (non-hydrogen) atoms. The quantitative estimate of drug-likeness (QED) is 0.537. The molecule has 0 saturated carbocycles. The van der Waals surface area contributed by atoms with Gasteiger partial charge in [0.1, 0.15) is 17.6 Å². The maximum atomic E-state index is 11.7. The fourth-order valence-corrected chi connectivity index (χ4v) is 5.38. The predicted molar refractivity (Wildman–Crippen MR) is 128 cm³/mol. The number of rotatable bonds is 6. The van der Waals surface area contributed by atoms with Crippen molar-refractivity contribution in [2.75, 3.05) is 6.61 Å². The van der Waals surface area contributed by atoms with Gasteiger partial charge >= 0.3 is 5.97 Å². The predicted octanol–water partition coefficient (Wildman–Crippen LogP) is 5.09. The largest absolute Gasteiger partial charge is 0.492 e. The van der Waals surface area contributed by atoms with Gasteiger partial charge in [-0.15, -0.1) is 0 Å². The lowest BCUT2D eigenvalue weighted by Crippen LogP contribution is -2.11. The molecule has 0 spiro atoms. The van der Waals surface area contributed by atoms with E-state index in [-0.39, 0.29) is 18.4 Å². The Bertz CT molecular complexity index is 1290. The van der Waals surface area contributed by atoms with Crippen molar-refractivity contribution in [3.05, 3.63) is 81.9 Å². The number of nitrogens with two attached hydrogens (primary N) is 1. The Morgan fingerprint density at radius 3 is 2.56 bits per heavy atom. The van der Waals surface area contributed by atoms with E-state index in [1.54, 1.807) is 0 Å². The van der Waals surface area contributed by atoms with Gasteiger partial charge in [0.05, 0.1) is 13.0 Å². The number of aliphatic carboxylic acids is 1. The van der Waals surface area contributed by atoms with Crippen molar-refractivity contribution in [1.29, 1.82) is 0 Å². The lowest BCUT2D eigenvalue weighted by molar-refractivity contribution is -0.137. The molecule has 3 N–H and O–H groups in total. The first kappa shape index (κ1) is 22.0. The molecule has 0 aromatic heterocycles. The van der Waals surface area contributed by atoms with Crippen LogP contribution in [0.15, 0.2) is 48.5 Å². The third-order valence-electron chi connectivity index (χ3n) is 6.87. The first-order valence-electron chi connectivity index (χ1n) is 11.5. The average Bonchev–Trinajstić information content (AvgIpc) is 3.37. The zero-order valence-corrected chi connectivity index (χ0v) is 19.3. The molecule has 174 valence electrons. The molecule has 3 aromatic carbocycles. The summed E-state index contributed by atoms with van der Waals surface area (Å²) in [4.78, 5) is 22.8. The number of hydrogen-bond acceptors (Lipinski definition) is 4. The molecular formula is C28H27NO5. The standard InChI is InChI=1S/C28H27NO5/c1-15-10-17(28(29)32)11-16(2)27(15)23-5-3-4-22-21(23)8-9-24(22)34-19-6-7-20-18(12-26(30)31)14-33-25(20)13-19/h3-7,10-11,13,18,24H,8-9,12,14H2,1-2H3,(H2,29,32)(H,30,31)/t18-,24?/m1/s1. The topological polar surface area (TPSA) is 98.9 Å². The SMILES string of the molecule is Cc1cc(C(N)=O)cc(C)c1-c1cccc2c1CCC2Oc1ccc2c(c1)OC[C@H]2CC(=O)O. The summed E-state index contributed by atoms with van der Waals surface area (Å²) in [5.74, 6) is 0.0587. The van der Waals surface area contributed by atoms with Crippen LogP contribution in [0, 0.1) is 13.8 Å². The lowest BCUT2D eigenvalue weighted by atomic mass is 9.89. The molecule has 1 unspecified atom stereocenters. The number of primary amides is 1. The van der Waals surface area contributed by atoms with Crippen LogP contribution in [-0.2, 0) is 11.2 Å². The summed E-state index contributed by atoms with van der Waals surface area (Å²) in [6.07, 6.45) is 1.75. The summed E-state index contributed by atoms with van der Waals surface area (Å²) >= 11 is 0. The van der Waals surface area contributed by atoms with Crippen LogP contribution in [0.4, 0.5) is 0 Å². The van der Waals surface area contributed by atoms with Crippen LogP contribution in [0.5, 0.6) is 11.5 Å². The monoisotopic (exact) mass is 457 g/mol. The maximum absolute atomic E-state index is 11.7. The number of carboxylic acids is 1. The summed E-state index contributed by atoms with van der Waals surface area (Å²) < 4.78 is 12.1. The van der Waals surface area contributed by atoms with Gasteiger partial charge in [-0.25, -0.2) is 0 Å². The summed E-state index contributed by atoms with van der Waals surface area (Å²) in [6.45, 7) is 4.41. The van der Waals surface area contributed by atoms with Crippen molar-refractivity contribution in [3.63, 3.8) is 0 Å². The van der Waals surface area contributed by atoms with E-state index < -0.39 is 11.9 Å². The van der Waals surface area contributed by atoms with E-state index in [1.165, 1.54) is 16.7 Å². The van der Waals surface area contributed by atoms with Crippen LogP contribution < -0.4 is 15.2 Å². The summed E-state index contributed by atoms with van der Waals surface area (Å²) in [6, 6.07) is 15.7. The van der Waals surface area contributed by atoms with Crippen molar-refractivity contribution < 1.29 is 24.2 Å². The minimum atomic E-state index is -0.824.